The molecule has 0 N–H and O–H groups in total. The highest BCUT2D eigenvalue weighted by Gasteiger charge is 2.45. The molecule has 3 rings (SSSR count). The third-order valence-corrected chi connectivity index (χ3v) is 5.89. The number of benzene rings is 1. The summed E-state index contributed by atoms with van der Waals surface area (Å²) in [7, 11) is 0. The molecule has 1 aromatic carbocycles. The molecule has 0 aromatic heterocycles. The molecule has 0 radical (unpaired) electrons. The number of Topliss-reactive ketones (excluding diaryl/α,β-unsaturated/α-hetero) is 1. The zero-order valence-corrected chi connectivity index (χ0v) is 16.8. The lowest BCUT2D eigenvalue weighted by Crippen LogP contribution is -2.46. The van der Waals surface area contributed by atoms with E-state index in [-0.39, 0.29) is 28.9 Å². The molecule has 0 atom stereocenters. The molecule has 0 bridgehead atoms. The molecule has 0 saturated carbocycles. The van der Waals surface area contributed by atoms with Crippen LogP contribution in [0.25, 0.3) is 0 Å². The van der Waals surface area contributed by atoms with Crippen molar-refractivity contribution < 1.29 is 14.4 Å². The van der Waals surface area contributed by atoms with Gasteiger partial charge in [-0.25, -0.2) is 0 Å². The number of carbonyl (C=O) groups is 3. The Morgan fingerprint density at radius 3 is 2.37 bits per heavy atom. The lowest BCUT2D eigenvalue weighted by molar-refractivity contribution is -0.146. The van der Waals surface area contributed by atoms with E-state index >= 15 is 0 Å². The molecule has 1 aromatic rings. The molecule has 146 valence electrons. The van der Waals surface area contributed by atoms with E-state index in [1.165, 1.54) is 0 Å². The molecule has 2 amide bonds. The Morgan fingerprint density at radius 2 is 1.78 bits per heavy atom. The number of carbonyl (C=O) groups excluding carboxylic acids is 3. The van der Waals surface area contributed by atoms with Gasteiger partial charge in [0.05, 0.1) is 0 Å². The summed E-state index contributed by atoms with van der Waals surface area (Å²) in [5, 5.41) is 0.687. The maximum atomic E-state index is 12.5. The highest BCUT2D eigenvalue weighted by molar-refractivity contribution is 6.36. The van der Waals surface area contributed by atoms with E-state index in [0.717, 1.165) is 24.9 Å². The Hall–Kier alpha value is -1.88. The van der Waals surface area contributed by atoms with Crippen molar-refractivity contribution in [2.24, 2.45) is 11.3 Å². The van der Waals surface area contributed by atoms with Gasteiger partial charge in [0, 0.05) is 49.5 Å². The number of likely N-dealkylation sites (tertiary alicyclic amines) is 2. The maximum absolute atomic E-state index is 12.5. The van der Waals surface area contributed by atoms with E-state index in [0.29, 0.717) is 37.5 Å². The van der Waals surface area contributed by atoms with Gasteiger partial charge in [-0.3, -0.25) is 14.4 Å². The monoisotopic (exact) mass is 390 g/mol. The van der Waals surface area contributed by atoms with Crippen molar-refractivity contribution in [2.75, 3.05) is 19.6 Å². The van der Waals surface area contributed by atoms with E-state index in [1.54, 1.807) is 4.90 Å². The lowest BCUT2D eigenvalue weighted by atomic mass is 9.77. The Balaban J connectivity index is 1.56. The van der Waals surface area contributed by atoms with Crippen LogP contribution in [0.2, 0.25) is 5.02 Å². The molecule has 2 fully saturated rings. The predicted molar refractivity (Wildman–Crippen MR) is 104 cm³/mol. The van der Waals surface area contributed by atoms with Gasteiger partial charge in [-0.1, -0.05) is 37.6 Å². The Bertz CT molecular complexity index is 721. The largest absolute Gasteiger partial charge is 0.338 e. The van der Waals surface area contributed by atoms with E-state index in [9.17, 15) is 14.4 Å². The van der Waals surface area contributed by atoms with Gasteiger partial charge in [-0.15, -0.1) is 0 Å². The van der Waals surface area contributed by atoms with Crippen molar-refractivity contribution in [1.29, 1.82) is 0 Å². The van der Waals surface area contributed by atoms with E-state index in [1.807, 2.05) is 43.0 Å². The normalized spacial score (nSPS) is 19.2. The summed E-state index contributed by atoms with van der Waals surface area (Å²) in [6.07, 6.45) is 2.38. The number of ketones is 1. The quantitative estimate of drug-likeness (QED) is 0.725. The van der Waals surface area contributed by atoms with Crippen LogP contribution in [-0.2, 0) is 20.9 Å². The topological polar surface area (TPSA) is 57.7 Å². The van der Waals surface area contributed by atoms with Crippen molar-refractivity contribution in [2.45, 2.75) is 46.1 Å². The molecular formula is C21H27ClN2O3. The van der Waals surface area contributed by atoms with Crippen LogP contribution in [0.5, 0.6) is 0 Å². The van der Waals surface area contributed by atoms with Gasteiger partial charge in [-0.05, 0) is 36.5 Å². The molecule has 2 saturated heterocycles. The molecule has 0 unspecified atom stereocenters. The highest BCUT2D eigenvalue weighted by atomic mass is 35.5. The SMILES string of the molecule is CC(C)CC(=O)C(=O)N1CCC2(CC1)CC(=O)N(Cc1ccc(Cl)cc1)C2. The third-order valence-electron chi connectivity index (χ3n) is 5.64. The Labute approximate surface area is 165 Å². The second kappa shape index (κ2) is 8.01. The van der Waals surface area contributed by atoms with E-state index in [4.69, 9.17) is 11.6 Å². The van der Waals surface area contributed by atoms with Crippen LogP contribution in [0.4, 0.5) is 0 Å². The first-order valence-corrected chi connectivity index (χ1v) is 10.0. The van der Waals surface area contributed by atoms with Crippen LogP contribution in [0.3, 0.4) is 0 Å². The number of piperidine rings is 1. The summed E-state index contributed by atoms with van der Waals surface area (Å²) in [4.78, 5) is 40.5. The first-order chi connectivity index (χ1) is 12.8. The smallest absolute Gasteiger partial charge is 0.289 e. The summed E-state index contributed by atoms with van der Waals surface area (Å²) in [5.41, 5.74) is 0.998. The summed E-state index contributed by atoms with van der Waals surface area (Å²) in [6.45, 7) is 6.31. The van der Waals surface area contributed by atoms with Crippen LogP contribution in [0, 0.1) is 11.3 Å². The fourth-order valence-electron chi connectivity index (χ4n) is 4.09. The van der Waals surface area contributed by atoms with Crippen LogP contribution < -0.4 is 0 Å². The van der Waals surface area contributed by atoms with Crippen LogP contribution in [-0.4, -0.2) is 47.0 Å². The van der Waals surface area contributed by atoms with Crippen LogP contribution in [0.15, 0.2) is 24.3 Å². The van der Waals surface area contributed by atoms with Crippen LogP contribution in [0.1, 0.15) is 45.1 Å². The van der Waals surface area contributed by atoms with Crippen molar-refractivity contribution >= 4 is 29.2 Å². The van der Waals surface area contributed by atoms with Crippen molar-refractivity contribution in [3.63, 3.8) is 0 Å². The second-order valence-corrected chi connectivity index (χ2v) is 8.80. The minimum atomic E-state index is -0.360. The minimum Gasteiger partial charge on any atom is -0.338 e. The molecule has 2 aliphatic heterocycles. The van der Waals surface area contributed by atoms with Gasteiger partial charge in [-0.2, -0.15) is 0 Å². The van der Waals surface area contributed by atoms with Crippen LogP contribution >= 0.6 is 11.6 Å². The molecule has 5 nitrogen and oxygen atoms in total. The number of halogens is 1. The summed E-state index contributed by atoms with van der Waals surface area (Å²) < 4.78 is 0. The molecule has 0 aliphatic carbocycles. The fraction of sp³-hybridized carbons (Fsp3) is 0.571. The lowest BCUT2D eigenvalue weighted by Gasteiger charge is -2.38. The summed E-state index contributed by atoms with van der Waals surface area (Å²) in [5.74, 6) is -0.305. The zero-order valence-electron chi connectivity index (χ0n) is 16.0. The maximum Gasteiger partial charge on any atom is 0.289 e. The summed E-state index contributed by atoms with van der Waals surface area (Å²) in [6, 6.07) is 7.57. The predicted octanol–water partition coefficient (Wildman–Crippen LogP) is 3.30. The van der Waals surface area contributed by atoms with E-state index in [2.05, 4.69) is 0 Å². The van der Waals surface area contributed by atoms with Crippen molar-refractivity contribution in [3.8, 4) is 0 Å². The minimum absolute atomic E-state index is 0.0681. The first-order valence-electron chi connectivity index (χ1n) is 9.62. The molecule has 6 heteroatoms. The average molecular weight is 391 g/mol. The van der Waals surface area contributed by atoms with Gasteiger partial charge in [0.15, 0.2) is 0 Å². The molecule has 2 heterocycles. The molecule has 27 heavy (non-hydrogen) atoms. The first kappa shape index (κ1) is 19.9. The highest BCUT2D eigenvalue weighted by Crippen LogP contribution is 2.41. The molecule has 1 spiro atoms. The zero-order chi connectivity index (χ0) is 19.6. The van der Waals surface area contributed by atoms with Crippen molar-refractivity contribution in [1.82, 2.24) is 9.80 Å². The number of rotatable bonds is 5. The number of nitrogens with zero attached hydrogens (tertiary/aromatic N) is 2. The Kier molecular flexibility index (Phi) is 5.89. The standard InChI is InChI=1S/C21H27ClN2O3/c1-15(2)11-18(25)20(27)23-9-7-21(8-10-23)12-19(26)24(14-21)13-16-3-5-17(22)6-4-16/h3-6,15H,7-14H2,1-2H3. The number of hydrogen-bond donors (Lipinski definition) is 0. The van der Waals surface area contributed by atoms with Crippen molar-refractivity contribution in [3.05, 3.63) is 34.9 Å². The van der Waals surface area contributed by atoms with Gasteiger partial charge >= 0.3 is 0 Å². The fourth-order valence-corrected chi connectivity index (χ4v) is 4.22. The van der Waals surface area contributed by atoms with Gasteiger partial charge in [0.25, 0.3) is 5.91 Å². The summed E-state index contributed by atoms with van der Waals surface area (Å²) >= 11 is 5.93. The average Bonchev–Trinajstić information content (AvgIpc) is 2.91. The molecule has 2 aliphatic rings. The van der Waals surface area contributed by atoms with Gasteiger partial charge in [0.2, 0.25) is 11.7 Å². The second-order valence-electron chi connectivity index (χ2n) is 8.37. The number of hydrogen-bond acceptors (Lipinski definition) is 3. The van der Waals surface area contributed by atoms with Gasteiger partial charge < -0.3 is 9.80 Å². The third kappa shape index (κ3) is 4.70. The van der Waals surface area contributed by atoms with E-state index < -0.39 is 0 Å². The molecular weight excluding hydrogens is 364 g/mol. The Morgan fingerprint density at radius 1 is 1.15 bits per heavy atom. The number of amides is 2. The van der Waals surface area contributed by atoms with Gasteiger partial charge in [0.1, 0.15) is 0 Å².